The van der Waals surface area contributed by atoms with Crippen molar-refractivity contribution in [2.24, 2.45) is 0 Å². The summed E-state index contributed by atoms with van der Waals surface area (Å²) in [6.07, 6.45) is 0. The number of aromatic nitrogens is 1. The second-order valence-corrected chi connectivity index (χ2v) is 4.83. The van der Waals surface area contributed by atoms with Gasteiger partial charge < -0.3 is 9.72 Å². The topological polar surface area (TPSA) is 25.0 Å². The van der Waals surface area contributed by atoms with E-state index in [1.165, 1.54) is 38.5 Å². The van der Waals surface area contributed by atoms with Crippen LogP contribution in [0.15, 0.2) is 24.3 Å². The standard InChI is InChI=1S/C16H17NO/c1-9-10(2)16(18-4)11(3)14-12-7-5-6-8-13(12)17-15(9)14/h5-8,17H,1-4H3. The number of aromatic amines is 1. The van der Waals surface area contributed by atoms with Crippen molar-refractivity contribution >= 4 is 21.8 Å². The Balaban J connectivity index is 2.61. The Morgan fingerprint density at radius 3 is 2.39 bits per heavy atom. The first-order valence-corrected chi connectivity index (χ1v) is 6.19. The van der Waals surface area contributed by atoms with Crippen LogP contribution in [0, 0.1) is 20.8 Å². The van der Waals surface area contributed by atoms with Crippen LogP contribution in [0.3, 0.4) is 0 Å². The fraction of sp³-hybridized carbons (Fsp3) is 0.250. The molecule has 0 saturated heterocycles. The number of hydrogen-bond donors (Lipinski definition) is 1. The van der Waals surface area contributed by atoms with E-state index in [0.717, 1.165) is 5.75 Å². The molecule has 0 amide bonds. The molecule has 2 nitrogen and oxygen atoms in total. The molecule has 0 aliphatic rings. The zero-order chi connectivity index (χ0) is 12.9. The summed E-state index contributed by atoms with van der Waals surface area (Å²) in [7, 11) is 1.75. The van der Waals surface area contributed by atoms with Crippen LogP contribution in [-0.4, -0.2) is 12.1 Å². The maximum absolute atomic E-state index is 5.57. The molecule has 0 unspecified atom stereocenters. The molecule has 1 heterocycles. The Kier molecular flexibility index (Phi) is 2.34. The van der Waals surface area contributed by atoms with Gasteiger partial charge in [0.05, 0.1) is 12.6 Å². The Labute approximate surface area is 107 Å². The van der Waals surface area contributed by atoms with Gasteiger partial charge in [-0.15, -0.1) is 0 Å². The lowest BCUT2D eigenvalue weighted by atomic mass is 9.98. The molecule has 0 radical (unpaired) electrons. The van der Waals surface area contributed by atoms with Crippen molar-refractivity contribution in [3.8, 4) is 5.75 Å². The Morgan fingerprint density at radius 2 is 1.67 bits per heavy atom. The molecule has 18 heavy (non-hydrogen) atoms. The molecule has 0 saturated carbocycles. The summed E-state index contributed by atoms with van der Waals surface area (Å²) in [6.45, 7) is 6.40. The Morgan fingerprint density at radius 1 is 0.944 bits per heavy atom. The van der Waals surface area contributed by atoms with Crippen LogP contribution in [0.4, 0.5) is 0 Å². The smallest absolute Gasteiger partial charge is 0.125 e. The third-order valence-corrected chi connectivity index (χ3v) is 3.90. The van der Waals surface area contributed by atoms with Crippen molar-refractivity contribution in [2.75, 3.05) is 7.11 Å². The van der Waals surface area contributed by atoms with Gasteiger partial charge >= 0.3 is 0 Å². The second-order valence-electron chi connectivity index (χ2n) is 4.83. The lowest BCUT2D eigenvalue weighted by Gasteiger charge is -2.13. The summed E-state index contributed by atoms with van der Waals surface area (Å²) in [5.74, 6) is 1.00. The van der Waals surface area contributed by atoms with Crippen molar-refractivity contribution in [1.29, 1.82) is 0 Å². The maximum Gasteiger partial charge on any atom is 0.125 e. The highest BCUT2D eigenvalue weighted by Crippen LogP contribution is 2.38. The van der Waals surface area contributed by atoms with Gasteiger partial charge in [0, 0.05) is 21.9 Å². The molecule has 3 aromatic rings. The highest BCUT2D eigenvalue weighted by molar-refractivity contribution is 6.11. The zero-order valence-electron chi connectivity index (χ0n) is 11.2. The van der Waals surface area contributed by atoms with E-state index in [2.05, 4.69) is 50.0 Å². The second kappa shape index (κ2) is 3.77. The van der Waals surface area contributed by atoms with Gasteiger partial charge in [-0.2, -0.15) is 0 Å². The SMILES string of the molecule is COc1c(C)c(C)c2[nH]c3ccccc3c2c1C. The van der Waals surface area contributed by atoms with Gasteiger partial charge in [0.2, 0.25) is 0 Å². The first-order valence-electron chi connectivity index (χ1n) is 6.19. The highest BCUT2D eigenvalue weighted by Gasteiger charge is 2.16. The van der Waals surface area contributed by atoms with Gasteiger partial charge in [-0.25, -0.2) is 0 Å². The predicted octanol–water partition coefficient (Wildman–Crippen LogP) is 4.25. The number of nitrogens with one attached hydrogen (secondary N) is 1. The van der Waals surface area contributed by atoms with E-state index in [1.807, 2.05) is 0 Å². The third-order valence-electron chi connectivity index (χ3n) is 3.90. The number of methoxy groups -OCH3 is 1. The van der Waals surface area contributed by atoms with E-state index >= 15 is 0 Å². The first kappa shape index (κ1) is 11.1. The van der Waals surface area contributed by atoms with E-state index in [1.54, 1.807) is 7.11 Å². The summed E-state index contributed by atoms with van der Waals surface area (Å²) in [5.41, 5.74) is 6.11. The fourth-order valence-corrected chi connectivity index (χ4v) is 2.87. The van der Waals surface area contributed by atoms with Crippen molar-refractivity contribution in [1.82, 2.24) is 4.98 Å². The van der Waals surface area contributed by atoms with Crippen LogP contribution in [0.1, 0.15) is 16.7 Å². The lowest BCUT2D eigenvalue weighted by molar-refractivity contribution is 0.409. The summed E-state index contributed by atoms with van der Waals surface area (Å²) in [4.78, 5) is 3.52. The number of H-pyrrole nitrogens is 1. The molecule has 0 bridgehead atoms. The maximum atomic E-state index is 5.57. The molecule has 2 aromatic carbocycles. The van der Waals surface area contributed by atoms with E-state index in [4.69, 9.17) is 4.74 Å². The molecule has 92 valence electrons. The molecule has 1 aromatic heterocycles. The van der Waals surface area contributed by atoms with E-state index in [9.17, 15) is 0 Å². The number of rotatable bonds is 1. The molecular weight excluding hydrogens is 222 g/mol. The molecule has 0 aliphatic heterocycles. The van der Waals surface area contributed by atoms with Crippen LogP contribution < -0.4 is 4.74 Å². The Hall–Kier alpha value is -1.96. The summed E-state index contributed by atoms with van der Waals surface area (Å²) in [5, 5.41) is 2.55. The highest BCUT2D eigenvalue weighted by atomic mass is 16.5. The van der Waals surface area contributed by atoms with Crippen LogP contribution >= 0.6 is 0 Å². The van der Waals surface area contributed by atoms with Gasteiger partial charge in [-0.1, -0.05) is 18.2 Å². The number of ether oxygens (including phenoxy) is 1. The van der Waals surface area contributed by atoms with Crippen molar-refractivity contribution in [3.63, 3.8) is 0 Å². The molecule has 0 atom stereocenters. The van der Waals surface area contributed by atoms with Gasteiger partial charge in [0.25, 0.3) is 0 Å². The van der Waals surface area contributed by atoms with E-state index < -0.39 is 0 Å². The summed E-state index contributed by atoms with van der Waals surface area (Å²) < 4.78 is 5.57. The van der Waals surface area contributed by atoms with Crippen molar-refractivity contribution < 1.29 is 4.74 Å². The molecule has 2 heteroatoms. The molecule has 1 N–H and O–H groups in total. The van der Waals surface area contributed by atoms with E-state index in [0.29, 0.717) is 0 Å². The summed E-state index contributed by atoms with van der Waals surface area (Å²) >= 11 is 0. The van der Waals surface area contributed by atoms with Gasteiger partial charge in [-0.05, 0) is 38.0 Å². The average molecular weight is 239 g/mol. The zero-order valence-corrected chi connectivity index (χ0v) is 11.2. The van der Waals surface area contributed by atoms with Gasteiger partial charge in [0.1, 0.15) is 5.75 Å². The minimum Gasteiger partial charge on any atom is -0.496 e. The van der Waals surface area contributed by atoms with Crippen LogP contribution in [-0.2, 0) is 0 Å². The van der Waals surface area contributed by atoms with Crippen LogP contribution in [0.5, 0.6) is 5.75 Å². The van der Waals surface area contributed by atoms with Crippen molar-refractivity contribution in [2.45, 2.75) is 20.8 Å². The number of aryl methyl sites for hydroxylation is 2. The molecule has 0 fully saturated rings. The quantitative estimate of drug-likeness (QED) is 0.674. The molecule has 0 aliphatic carbocycles. The molecular formula is C16H17NO. The van der Waals surface area contributed by atoms with Crippen LogP contribution in [0.2, 0.25) is 0 Å². The summed E-state index contributed by atoms with van der Waals surface area (Å²) in [6, 6.07) is 8.43. The minimum absolute atomic E-state index is 1.00. The minimum atomic E-state index is 1.00. The van der Waals surface area contributed by atoms with E-state index in [-0.39, 0.29) is 0 Å². The third kappa shape index (κ3) is 1.29. The molecule has 3 rings (SSSR count). The Bertz CT molecular complexity index is 753. The first-order chi connectivity index (χ1) is 8.65. The van der Waals surface area contributed by atoms with Gasteiger partial charge in [0.15, 0.2) is 0 Å². The van der Waals surface area contributed by atoms with Crippen molar-refractivity contribution in [3.05, 3.63) is 41.0 Å². The van der Waals surface area contributed by atoms with Crippen LogP contribution in [0.25, 0.3) is 21.8 Å². The average Bonchev–Trinajstić information content (AvgIpc) is 2.76. The number of para-hydroxylation sites is 1. The molecule has 0 spiro atoms. The normalized spacial score (nSPS) is 11.3. The number of benzene rings is 2. The lowest BCUT2D eigenvalue weighted by Crippen LogP contribution is -1.95. The predicted molar refractivity (Wildman–Crippen MR) is 76.6 cm³/mol. The fourth-order valence-electron chi connectivity index (χ4n) is 2.87. The van der Waals surface area contributed by atoms with Gasteiger partial charge in [-0.3, -0.25) is 0 Å². The monoisotopic (exact) mass is 239 g/mol. The largest absolute Gasteiger partial charge is 0.496 e. The number of hydrogen-bond acceptors (Lipinski definition) is 1. The number of fused-ring (bicyclic) bond motifs is 3.